The fraction of sp³-hybridized carbons (Fsp3) is 0.250. The molecule has 0 saturated carbocycles. The Balaban J connectivity index is 1.37. The van der Waals surface area contributed by atoms with E-state index < -0.39 is 0 Å². The summed E-state index contributed by atoms with van der Waals surface area (Å²) in [5.41, 5.74) is 2.59. The first-order valence-electron chi connectivity index (χ1n) is 8.76. The van der Waals surface area contributed by atoms with Crippen molar-refractivity contribution >= 4 is 17.2 Å². The van der Waals surface area contributed by atoms with Crippen molar-refractivity contribution in [1.29, 1.82) is 5.26 Å². The van der Waals surface area contributed by atoms with E-state index in [4.69, 9.17) is 4.98 Å². The lowest BCUT2D eigenvalue weighted by Gasteiger charge is -2.35. The van der Waals surface area contributed by atoms with Gasteiger partial charge in [-0.15, -0.1) is 11.3 Å². The minimum Gasteiger partial charge on any atom is -0.353 e. The fourth-order valence-corrected chi connectivity index (χ4v) is 4.00. The van der Waals surface area contributed by atoms with Gasteiger partial charge in [0.1, 0.15) is 22.7 Å². The highest BCUT2D eigenvalue weighted by atomic mass is 32.1. The van der Waals surface area contributed by atoms with Gasteiger partial charge in [0.15, 0.2) is 0 Å². The number of thiazole rings is 1. The number of rotatable bonds is 4. The zero-order valence-corrected chi connectivity index (χ0v) is 15.5. The van der Waals surface area contributed by atoms with Crippen molar-refractivity contribution in [1.82, 2.24) is 14.9 Å². The molecule has 1 saturated heterocycles. The van der Waals surface area contributed by atoms with Crippen LogP contribution >= 0.6 is 11.3 Å². The molecule has 4 rings (SSSR count). The number of pyridine rings is 1. The highest BCUT2D eigenvalue weighted by molar-refractivity contribution is 7.13. The van der Waals surface area contributed by atoms with Crippen LogP contribution in [0, 0.1) is 17.1 Å². The lowest BCUT2D eigenvalue weighted by Crippen LogP contribution is -2.46. The van der Waals surface area contributed by atoms with Gasteiger partial charge in [-0.2, -0.15) is 5.26 Å². The highest BCUT2D eigenvalue weighted by Crippen LogP contribution is 2.25. The smallest absolute Gasteiger partial charge is 0.146 e. The predicted octanol–water partition coefficient (Wildman–Crippen LogP) is 3.54. The number of hydrogen-bond acceptors (Lipinski definition) is 6. The van der Waals surface area contributed by atoms with Crippen LogP contribution in [0.5, 0.6) is 0 Å². The minimum atomic E-state index is -0.235. The average Bonchev–Trinajstić information content (AvgIpc) is 3.17. The van der Waals surface area contributed by atoms with Crippen LogP contribution in [0.15, 0.2) is 48.0 Å². The first-order chi connectivity index (χ1) is 13.2. The molecule has 0 unspecified atom stereocenters. The maximum atomic E-state index is 13.1. The number of nitriles is 1. The van der Waals surface area contributed by atoms with E-state index in [1.54, 1.807) is 41.8 Å². The Labute approximate surface area is 161 Å². The third kappa shape index (κ3) is 3.97. The molecule has 0 aliphatic carbocycles. The monoisotopic (exact) mass is 379 g/mol. The number of halogens is 1. The van der Waals surface area contributed by atoms with Crippen LogP contribution in [0.1, 0.15) is 11.3 Å². The molecule has 136 valence electrons. The molecule has 3 heterocycles. The molecule has 1 aliphatic heterocycles. The average molecular weight is 379 g/mol. The Kier molecular flexibility index (Phi) is 5.10. The standard InChI is InChI=1S/C20H18FN5S/c21-17-5-3-15(4-6-17)20-24-18(14-27-20)13-25-8-10-26(11-9-25)19-16(12-22)2-1-7-23-19/h1-7,14H,8-11,13H2. The summed E-state index contributed by atoms with van der Waals surface area (Å²) >= 11 is 1.58. The minimum absolute atomic E-state index is 0.235. The Morgan fingerprint density at radius 2 is 1.89 bits per heavy atom. The van der Waals surface area contributed by atoms with Crippen molar-refractivity contribution in [2.24, 2.45) is 0 Å². The number of anilines is 1. The van der Waals surface area contributed by atoms with Crippen molar-refractivity contribution in [2.45, 2.75) is 6.54 Å². The van der Waals surface area contributed by atoms with Crippen molar-refractivity contribution in [3.05, 3.63) is 65.0 Å². The topological polar surface area (TPSA) is 56.1 Å². The van der Waals surface area contributed by atoms with Crippen LogP contribution in [0.4, 0.5) is 10.2 Å². The van der Waals surface area contributed by atoms with E-state index in [0.29, 0.717) is 5.56 Å². The third-order valence-electron chi connectivity index (χ3n) is 4.61. The molecule has 2 aromatic heterocycles. The summed E-state index contributed by atoms with van der Waals surface area (Å²) in [4.78, 5) is 13.6. The molecule has 0 amide bonds. The summed E-state index contributed by atoms with van der Waals surface area (Å²) in [6.45, 7) is 4.25. The summed E-state index contributed by atoms with van der Waals surface area (Å²) in [7, 11) is 0. The molecule has 5 nitrogen and oxygen atoms in total. The quantitative estimate of drug-likeness (QED) is 0.694. The maximum absolute atomic E-state index is 13.1. The van der Waals surface area contributed by atoms with Gasteiger partial charge >= 0.3 is 0 Å². The van der Waals surface area contributed by atoms with Crippen LogP contribution in [0.2, 0.25) is 0 Å². The van der Waals surface area contributed by atoms with E-state index in [1.807, 2.05) is 0 Å². The lowest BCUT2D eigenvalue weighted by molar-refractivity contribution is 0.247. The third-order valence-corrected chi connectivity index (χ3v) is 5.55. The summed E-state index contributed by atoms with van der Waals surface area (Å²) in [5.74, 6) is 0.535. The van der Waals surface area contributed by atoms with Crippen LogP contribution in [-0.2, 0) is 6.54 Å². The molecule has 0 spiro atoms. The molecule has 0 N–H and O–H groups in total. The number of hydrogen-bond donors (Lipinski definition) is 0. The summed E-state index contributed by atoms with van der Waals surface area (Å²) in [6.07, 6.45) is 1.73. The van der Waals surface area contributed by atoms with E-state index in [9.17, 15) is 9.65 Å². The van der Waals surface area contributed by atoms with Crippen molar-refractivity contribution in [3.8, 4) is 16.6 Å². The van der Waals surface area contributed by atoms with E-state index in [-0.39, 0.29) is 5.82 Å². The molecule has 1 aromatic carbocycles. The molecule has 1 fully saturated rings. The highest BCUT2D eigenvalue weighted by Gasteiger charge is 2.21. The molecule has 27 heavy (non-hydrogen) atoms. The Bertz CT molecular complexity index is 955. The summed E-state index contributed by atoms with van der Waals surface area (Å²) in [6, 6.07) is 12.3. The van der Waals surface area contributed by atoms with E-state index in [0.717, 1.165) is 54.8 Å². The van der Waals surface area contributed by atoms with Crippen LogP contribution in [0.25, 0.3) is 10.6 Å². The SMILES string of the molecule is N#Cc1cccnc1N1CCN(Cc2csc(-c3ccc(F)cc3)n2)CC1. The van der Waals surface area contributed by atoms with Gasteiger partial charge in [-0.3, -0.25) is 4.90 Å². The summed E-state index contributed by atoms with van der Waals surface area (Å²) < 4.78 is 13.1. The molecule has 0 radical (unpaired) electrons. The van der Waals surface area contributed by atoms with Crippen molar-refractivity contribution < 1.29 is 4.39 Å². The Hall–Kier alpha value is -2.82. The van der Waals surface area contributed by atoms with Gasteiger partial charge in [0.2, 0.25) is 0 Å². The van der Waals surface area contributed by atoms with Gasteiger partial charge in [0, 0.05) is 49.9 Å². The number of nitrogens with zero attached hydrogens (tertiary/aromatic N) is 5. The fourth-order valence-electron chi connectivity index (χ4n) is 3.19. The second-order valence-electron chi connectivity index (χ2n) is 6.40. The molecular formula is C20H18FN5S. The van der Waals surface area contributed by atoms with Crippen LogP contribution < -0.4 is 4.90 Å². The van der Waals surface area contributed by atoms with Gasteiger partial charge in [-0.25, -0.2) is 14.4 Å². The molecular weight excluding hydrogens is 361 g/mol. The van der Waals surface area contributed by atoms with Crippen LogP contribution in [0.3, 0.4) is 0 Å². The number of benzene rings is 1. The van der Waals surface area contributed by atoms with Crippen molar-refractivity contribution in [3.63, 3.8) is 0 Å². The van der Waals surface area contributed by atoms with Crippen LogP contribution in [-0.4, -0.2) is 41.0 Å². The predicted molar refractivity (Wildman–Crippen MR) is 104 cm³/mol. The maximum Gasteiger partial charge on any atom is 0.146 e. The van der Waals surface area contributed by atoms with E-state index >= 15 is 0 Å². The van der Waals surface area contributed by atoms with E-state index in [1.165, 1.54) is 12.1 Å². The van der Waals surface area contributed by atoms with Gasteiger partial charge < -0.3 is 4.90 Å². The van der Waals surface area contributed by atoms with Gasteiger partial charge in [0.05, 0.1) is 11.3 Å². The molecule has 0 atom stereocenters. The molecule has 0 bridgehead atoms. The Morgan fingerprint density at radius 3 is 2.63 bits per heavy atom. The molecule has 1 aliphatic rings. The van der Waals surface area contributed by atoms with Gasteiger partial charge in [0.25, 0.3) is 0 Å². The largest absolute Gasteiger partial charge is 0.353 e. The normalized spacial score (nSPS) is 14.9. The second-order valence-corrected chi connectivity index (χ2v) is 7.26. The Morgan fingerprint density at radius 1 is 1.11 bits per heavy atom. The zero-order valence-electron chi connectivity index (χ0n) is 14.7. The van der Waals surface area contributed by atoms with E-state index in [2.05, 4.69) is 26.2 Å². The number of aromatic nitrogens is 2. The van der Waals surface area contributed by atoms with Crippen molar-refractivity contribution in [2.75, 3.05) is 31.1 Å². The zero-order chi connectivity index (χ0) is 18.6. The van der Waals surface area contributed by atoms with Gasteiger partial charge in [-0.1, -0.05) is 0 Å². The first-order valence-corrected chi connectivity index (χ1v) is 9.63. The molecule has 7 heteroatoms. The lowest BCUT2D eigenvalue weighted by atomic mass is 10.2. The number of piperazine rings is 1. The first kappa shape index (κ1) is 17.6. The summed E-state index contributed by atoms with van der Waals surface area (Å²) in [5, 5.41) is 12.2. The molecule has 3 aromatic rings. The van der Waals surface area contributed by atoms with Gasteiger partial charge in [-0.05, 0) is 36.4 Å². The second kappa shape index (κ2) is 7.82.